The summed E-state index contributed by atoms with van der Waals surface area (Å²) in [7, 11) is 6.52. The topological polar surface area (TPSA) is 31.4 Å². The number of hydrogen-bond acceptors (Lipinski definition) is 5. The maximum atomic E-state index is 4.92. The van der Waals surface area contributed by atoms with Crippen molar-refractivity contribution < 1.29 is 0 Å². The normalized spacial score (nSPS) is 24.0. The monoisotopic (exact) mass is 308 g/mol. The fraction of sp³-hybridized carbons (Fsp3) is 0.812. The highest BCUT2D eigenvalue weighted by Crippen LogP contribution is 2.37. The van der Waals surface area contributed by atoms with Gasteiger partial charge in [0, 0.05) is 24.5 Å². The Hall–Kier alpha value is -0.650. The van der Waals surface area contributed by atoms with Gasteiger partial charge in [0.15, 0.2) is 5.13 Å². The molecule has 0 bridgehead atoms. The molecule has 1 aliphatic heterocycles. The van der Waals surface area contributed by atoms with Crippen molar-refractivity contribution in [3.8, 4) is 0 Å². The molecule has 1 N–H and O–H groups in total. The van der Waals surface area contributed by atoms with Crippen LogP contribution < -0.4 is 10.2 Å². The molecule has 1 aliphatic carbocycles. The summed E-state index contributed by atoms with van der Waals surface area (Å²) in [6, 6.07) is 0.525. The van der Waals surface area contributed by atoms with Gasteiger partial charge in [-0.1, -0.05) is 11.3 Å². The Morgan fingerprint density at radius 3 is 2.81 bits per heavy atom. The van der Waals surface area contributed by atoms with Crippen LogP contribution >= 0.6 is 11.3 Å². The molecule has 4 nitrogen and oxygen atoms in total. The van der Waals surface area contributed by atoms with Crippen LogP contribution in [0.15, 0.2) is 0 Å². The molecule has 0 aromatic carbocycles. The third-order valence-electron chi connectivity index (χ3n) is 4.98. The molecular weight excluding hydrogens is 280 g/mol. The first-order chi connectivity index (χ1) is 10.2. The van der Waals surface area contributed by atoms with Crippen molar-refractivity contribution >= 4 is 16.5 Å². The predicted molar refractivity (Wildman–Crippen MR) is 90.3 cm³/mol. The van der Waals surface area contributed by atoms with E-state index in [1.165, 1.54) is 54.5 Å². The van der Waals surface area contributed by atoms with Crippen LogP contribution in [0.5, 0.6) is 0 Å². The van der Waals surface area contributed by atoms with Crippen LogP contribution in [0.4, 0.5) is 5.13 Å². The Balaban J connectivity index is 1.65. The van der Waals surface area contributed by atoms with Gasteiger partial charge in [0.05, 0.1) is 5.69 Å². The van der Waals surface area contributed by atoms with Crippen LogP contribution in [0.3, 0.4) is 0 Å². The van der Waals surface area contributed by atoms with Crippen LogP contribution in [0.25, 0.3) is 0 Å². The summed E-state index contributed by atoms with van der Waals surface area (Å²) in [6.45, 7) is 3.65. The van der Waals surface area contributed by atoms with Crippen molar-refractivity contribution in [1.82, 2.24) is 15.2 Å². The fourth-order valence-corrected chi connectivity index (χ4v) is 4.78. The van der Waals surface area contributed by atoms with E-state index in [2.05, 4.69) is 36.3 Å². The predicted octanol–water partition coefficient (Wildman–Crippen LogP) is 2.52. The van der Waals surface area contributed by atoms with Crippen molar-refractivity contribution in [2.24, 2.45) is 5.92 Å². The number of rotatable bonds is 4. The lowest BCUT2D eigenvalue weighted by Crippen LogP contribution is -2.35. The number of likely N-dealkylation sites (tertiary alicyclic amines) is 1. The van der Waals surface area contributed by atoms with Gasteiger partial charge in [-0.05, 0) is 65.2 Å². The van der Waals surface area contributed by atoms with Crippen molar-refractivity contribution in [2.75, 3.05) is 45.7 Å². The van der Waals surface area contributed by atoms with Gasteiger partial charge in [0.2, 0.25) is 0 Å². The van der Waals surface area contributed by atoms with E-state index >= 15 is 0 Å². The van der Waals surface area contributed by atoms with Crippen LogP contribution in [-0.2, 0) is 6.42 Å². The van der Waals surface area contributed by atoms with E-state index < -0.39 is 0 Å². The standard InChI is InChI=1S/C16H28N4S/c1-17-13-5-4-6-14-15(13)21-16(18-14)20(3)11-12-7-9-19(2)10-8-12/h12-13,17H,4-11H2,1-3H3. The first-order valence-corrected chi connectivity index (χ1v) is 9.05. The van der Waals surface area contributed by atoms with Crippen molar-refractivity contribution in [3.63, 3.8) is 0 Å². The molecule has 2 aliphatic rings. The Bertz CT molecular complexity index is 465. The van der Waals surface area contributed by atoms with Crippen LogP contribution in [-0.4, -0.2) is 50.7 Å². The summed E-state index contributed by atoms with van der Waals surface area (Å²) in [5.41, 5.74) is 1.34. The molecule has 3 rings (SSSR count). The number of aryl methyl sites for hydroxylation is 1. The van der Waals surface area contributed by atoms with Gasteiger partial charge in [-0.2, -0.15) is 0 Å². The number of anilines is 1. The maximum absolute atomic E-state index is 4.92. The second-order valence-electron chi connectivity index (χ2n) is 6.67. The highest BCUT2D eigenvalue weighted by Gasteiger charge is 2.25. The minimum Gasteiger partial charge on any atom is -0.351 e. The average molecular weight is 308 g/mol. The molecule has 0 saturated carbocycles. The summed E-state index contributed by atoms with van der Waals surface area (Å²) >= 11 is 1.91. The quantitative estimate of drug-likeness (QED) is 0.926. The lowest BCUT2D eigenvalue weighted by molar-refractivity contribution is 0.222. The number of fused-ring (bicyclic) bond motifs is 1. The molecular formula is C16H28N4S. The van der Waals surface area contributed by atoms with Crippen LogP contribution in [0, 0.1) is 5.92 Å². The molecule has 1 unspecified atom stereocenters. The molecule has 1 fully saturated rings. The second-order valence-corrected chi connectivity index (χ2v) is 7.68. The molecule has 1 atom stereocenters. The zero-order valence-corrected chi connectivity index (χ0v) is 14.4. The van der Waals surface area contributed by atoms with Crippen molar-refractivity contribution in [2.45, 2.75) is 38.1 Å². The molecule has 1 aromatic rings. The van der Waals surface area contributed by atoms with Gasteiger partial charge < -0.3 is 15.1 Å². The summed E-state index contributed by atoms with van der Waals surface area (Å²) in [6.07, 6.45) is 6.33. The Kier molecular flexibility index (Phi) is 4.82. The minimum absolute atomic E-state index is 0.525. The number of piperidine rings is 1. The lowest BCUT2D eigenvalue weighted by Gasteiger charge is -2.31. The Morgan fingerprint density at radius 2 is 2.10 bits per heavy atom. The minimum atomic E-state index is 0.525. The largest absolute Gasteiger partial charge is 0.351 e. The molecule has 1 saturated heterocycles. The molecule has 0 amide bonds. The van der Waals surface area contributed by atoms with E-state index in [0.717, 1.165) is 18.9 Å². The molecule has 118 valence electrons. The third-order valence-corrected chi connectivity index (χ3v) is 6.31. The first kappa shape index (κ1) is 15.3. The highest BCUT2D eigenvalue weighted by molar-refractivity contribution is 7.15. The molecule has 0 radical (unpaired) electrons. The highest BCUT2D eigenvalue weighted by atomic mass is 32.1. The number of hydrogen-bond donors (Lipinski definition) is 1. The Labute approximate surface area is 132 Å². The van der Waals surface area contributed by atoms with E-state index in [1.54, 1.807) is 0 Å². The van der Waals surface area contributed by atoms with Crippen LogP contribution in [0.1, 0.15) is 42.3 Å². The summed E-state index contributed by atoms with van der Waals surface area (Å²) in [4.78, 5) is 11.2. The fourth-order valence-electron chi connectivity index (χ4n) is 3.56. The second kappa shape index (κ2) is 6.63. The first-order valence-electron chi connectivity index (χ1n) is 8.24. The van der Waals surface area contributed by atoms with E-state index in [9.17, 15) is 0 Å². The summed E-state index contributed by atoms with van der Waals surface area (Å²) in [5, 5.41) is 4.67. The van der Waals surface area contributed by atoms with Crippen LogP contribution in [0.2, 0.25) is 0 Å². The molecule has 21 heavy (non-hydrogen) atoms. The van der Waals surface area contributed by atoms with E-state index in [-0.39, 0.29) is 0 Å². The molecule has 1 aromatic heterocycles. The third kappa shape index (κ3) is 3.41. The summed E-state index contributed by atoms with van der Waals surface area (Å²) < 4.78 is 0. The van der Waals surface area contributed by atoms with Gasteiger partial charge in [0.1, 0.15) is 0 Å². The number of nitrogens with zero attached hydrogens (tertiary/aromatic N) is 3. The SMILES string of the molecule is CNC1CCCc2nc(N(C)CC3CCN(C)CC3)sc21. The van der Waals surface area contributed by atoms with Gasteiger partial charge in [-0.3, -0.25) is 0 Å². The molecule has 2 heterocycles. The van der Waals surface area contributed by atoms with Gasteiger partial charge in [-0.15, -0.1) is 0 Å². The molecule has 0 spiro atoms. The van der Waals surface area contributed by atoms with Crippen molar-refractivity contribution in [1.29, 1.82) is 0 Å². The van der Waals surface area contributed by atoms with E-state index in [1.807, 2.05) is 11.3 Å². The zero-order chi connectivity index (χ0) is 14.8. The number of nitrogens with one attached hydrogen (secondary N) is 1. The number of thiazole rings is 1. The van der Waals surface area contributed by atoms with E-state index in [4.69, 9.17) is 4.98 Å². The smallest absolute Gasteiger partial charge is 0.185 e. The van der Waals surface area contributed by atoms with Gasteiger partial charge in [0.25, 0.3) is 0 Å². The van der Waals surface area contributed by atoms with Gasteiger partial charge in [-0.25, -0.2) is 4.98 Å². The van der Waals surface area contributed by atoms with E-state index in [0.29, 0.717) is 6.04 Å². The Morgan fingerprint density at radius 1 is 1.33 bits per heavy atom. The average Bonchev–Trinajstić information content (AvgIpc) is 2.93. The summed E-state index contributed by atoms with van der Waals surface area (Å²) in [5.74, 6) is 0.826. The molecule has 5 heteroatoms. The number of aromatic nitrogens is 1. The maximum Gasteiger partial charge on any atom is 0.185 e. The van der Waals surface area contributed by atoms with Gasteiger partial charge >= 0.3 is 0 Å². The zero-order valence-electron chi connectivity index (χ0n) is 13.6. The van der Waals surface area contributed by atoms with Crippen molar-refractivity contribution in [3.05, 3.63) is 10.6 Å². The lowest BCUT2D eigenvalue weighted by atomic mass is 9.97.